The Morgan fingerprint density at radius 1 is 1.25 bits per heavy atom. The summed E-state index contributed by atoms with van der Waals surface area (Å²) in [6, 6.07) is 13.8. The first-order valence-corrected chi connectivity index (χ1v) is 8.25. The molecule has 0 saturated heterocycles. The van der Waals surface area contributed by atoms with E-state index in [1.54, 1.807) is 19.3 Å². The molecule has 1 fully saturated rings. The van der Waals surface area contributed by atoms with Gasteiger partial charge in [-0.3, -0.25) is 0 Å². The highest BCUT2D eigenvalue weighted by Crippen LogP contribution is 2.42. The van der Waals surface area contributed by atoms with Crippen molar-refractivity contribution < 1.29 is 9.90 Å². The van der Waals surface area contributed by atoms with Crippen LogP contribution in [-0.4, -0.2) is 40.2 Å². The highest BCUT2D eigenvalue weighted by Gasteiger charge is 2.49. The quantitative estimate of drug-likeness (QED) is 0.807. The Morgan fingerprint density at radius 2 is 1.96 bits per heavy atom. The lowest BCUT2D eigenvalue weighted by Crippen LogP contribution is -2.46. The second kappa shape index (κ2) is 6.69. The van der Waals surface area contributed by atoms with E-state index in [9.17, 15) is 9.90 Å². The molecular weight excluding hydrogens is 326 g/mol. The van der Waals surface area contributed by atoms with Crippen molar-refractivity contribution in [3.63, 3.8) is 0 Å². The number of benzene rings is 1. The molecule has 1 aromatic carbocycles. The van der Waals surface area contributed by atoms with Gasteiger partial charge in [0.25, 0.3) is 0 Å². The second-order valence-corrected chi connectivity index (χ2v) is 6.63. The fraction of sp³-hybridized carbons (Fsp3) is 0.333. The standard InChI is InChI=1S/C18H20ClN3O2/c1-21(17(23)24)18(9-10-18)13-22(12-14-5-3-2-4-6-14)15-7-8-16(19)20-11-15/h2-8,11H,9-10,12-13H2,1H3,(H,23,24). The second-order valence-electron chi connectivity index (χ2n) is 6.25. The molecule has 6 heteroatoms. The summed E-state index contributed by atoms with van der Waals surface area (Å²) >= 11 is 5.90. The third kappa shape index (κ3) is 3.62. The topological polar surface area (TPSA) is 56.7 Å². The van der Waals surface area contributed by atoms with Crippen molar-refractivity contribution in [3.05, 3.63) is 59.4 Å². The normalized spacial score (nSPS) is 14.9. The Hall–Kier alpha value is -2.27. The minimum absolute atomic E-state index is 0.319. The molecule has 24 heavy (non-hydrogen) atoms. The van der Waals surface area contributed by atoms with Gasteiger partial charge in [0.1, 0.15) is 5.15 Å². The van der Waals surface area contributed by atoms with Gasteiger partial charge in [-0.2, -0.15) is 0 Å². The Balaban J connectivity index is 1.85. The average molecular weight is 346 g/mol. The lowest BCUT2D eigenvalue weighted by atomic mass is 10.1. The van der Waals surface area contributed by atoms with Crippen molar-refractivity contribution in [3.8, 4) is 0 Å². The van der Waals surface area contributed by atoms with Gasteiger partial charge in [0.15, 0.2) is 0 Å². The van der Waals surface area contributed by atoms with Crippen molar-refractivity contribution in [2.24, 2.45) is 0 Å². The minimum Gasteiger partial charge on any atom is -0.465 e. The van der Waals surface area contributed by atoms with E-state index in [-0.39, 0.29) is 5.54 Å². The first-order valence-electron chi connectivity index (χ1n) is 7.87. The third-order valence-electron chi connectivity index (χ3n) is 4.60. The van der Waals surface area contributed by atoms with Crippen LogP contribution in [0, 0.1) is 0 Å². The van der Waals surface area contributed by atoms with Crippen LogP contribution >= 0.6 is 11.6 Å². The first kappa shape index (κ1) is 16.6. The highest BCUT2D eigenvalue weighted by molar-refractivity contribution is 6.29. The summed E-state index contributed by atoms with van der Waals surface area (Å²) in [6.07, 6.45) is 2.60. The van der Waals surface area contributed by atoms with Crippen LogP contribution in [-0.2, 0) is 6.54 Å². The summed E-state index contributed by atoms with van der Waals surface area (Å²) in [7, 11) is 1.65. The summed E-state index contributed by atoms with van der Waals surface area (Å²) in [6.45, 7) is 1.33. The van der Waals surface area contributed by atoms with Gasteiger partial charge in [0.05, 0.1) is 17.4 Å². The van der Waals surface area contributed by atoms with E-state index in [1.807, 2.05) is 24.3 Å². The summed E-state index contributed by atoms with van der Waals surface area (Å²) in [5.41, 5.74) is 1.79. The van der Waals surface area contributed by atoms with E-state index < -0.39 is 6.09 Å². The molecule has 126 valence electrons. The Bertz CT molecular complexity index is 702. The van der Waals surface area contributed by atoms with Gasteiger partial charge < -0.3 is 14.9 Å². The lowest BCUT2D eigenvalue weighted by molar-refractivity contribution is 0.133. The molecule has 0 aliphatic heterocycles. The Labute approximate surface area is 146 Å². The minimum atomic E-state index is -0.888. The summed E-state index contributed by atoms with van der Waals surface area (Å²) in [5, 5.41) is 9.79. The SMILES string of the molecule is CN(C(=O)O)C1(CN(Cc2ccccc2)c2ccc(Cl)nc2)CC1. The Morgan fingerprint density at radius 3 is 2.50 bits per heavy atom. The molecule has 0 radical (unpaired) electrons. The smallest absolute Gasteiger partial charge is 0.407 e. The van der Waals surface area contributed by atoms with Crippen LogP contribution in [0.15, 0.2) is 48.7 Å². The van der Waals surface area contributed by atoms with Crippen LogP contribution in [0.4, 0.5) is 10.5 Å². The van der Waals surface area contributed by atoms with Crippen LogP contribution in [0.5, 0.6) is 0 Å². The summed E-state index contributed by atoms with van der Waals surface area (Å²) in [4.78, 5) is 19.2. The molecule has 1 aliphatic rings. The molecule has 1 aromatic heterocycles. The van der Waals surface area contributed by atoms with Crippen LogP contribution in [0.2, 0.25) is 5.15 Å². The number of rotatable bonds is 6. The van der Waals surface area contributed by atoms with Gasteiger partial charge in [0, 0.05) is 20.1 Å². The third-order valence-corrected chi connectivity index (χ3v) is 4.83. The number of hydrogen-bond acceptors (Lipinski definition) is 3. The van der Waals surface area contributed by atoms with Crippen molar-refractivity contribution in [1.82, 2.24) is 9.88 Å². The van der Waals surface area contributed by atoms with Gasteiger partial charge in [-0.05, 0) is 30.5 Å². The largest absolute Gasteiger partial charge is 0.465 e. The van der Waals surface area contributed by atoms with Crippen molar-refractivity contribution in [2.45, 2.75) is 24.9 Å². The van der Waals surface area contributed by atoms with Gasteiger partial charge in [0.2, 0.25) is 0 Å². The predicted molar refractivity (Wildman–Crippen MR) is 94.5 cm³/mol. The van der Waals surface area contributed by atoms with E-state index in [0.717, 1.165) is 18.5 Å². The molecule has 0 unspecified atom stereocenters. The van der Waals surface area contributed by atoms with Gasteiger partial charge in [-0.1, -0.05) is 41.9 Å². The molecule has 0 spiro atoms. The molecule has 0 bridgehead atoms. The fourth-order valence-electron chi connectivity index (χ4n) is 2.90. The molecule has 1 N–H and O–H groups in total. The average Bonchev–Trinajstić information content (AvgIpc) is 3.36. The highest BCUT2D eigenvalue weighted by atomic mass is 35.5. The van der Waals surface area contributed by atoms with Crippen molar-refractivity contribution in [1.29, 1.82) is 0 Å². The number of carbonyl (C=O) groups is 1. The maximum atomic E-state index is 11.4. The lowest BCUT2D eigenvalue weighted by Gasteiger charge is -2.33. The number of likely N-dealkylation sites (N-methyl/N-ethyl adjacent to an activating group) is 1. The zero-order valence-corrected chi connectivity index (χ0v) is 14.3. The Kier molecular flexibility index (Phi) is 4.62. The predicted octanol–water partition coefficient (Wildman–Crippen LogP) is 3.88. The molecule has 2 aromatic rings. The fourth-order valence-corrected chi connectivity index (χ4v) is 3.01. The van der Waals surface area contributed by atoms with E-state index in [0.29, 0.717) is 18.2 Å². The van der Waals surface area contributed by atoms with Gasteiger partial charge >= 0.3 is 6.09 Å². The zero-order valence-electron chi connectivity index (χ0n) is 13.5. The number of hydrogen-bond donors (Lipinski definition) is 1. The first-order chi connectivity index (χ1) is 11.5. The molecule has 1 amide bonds. The number of anilines is 1. The van der Waals surface area contributed by atoms with Crippen molar-refractivity contribution >= 4 is 23.4 Å². The summed E-state index contributed by atoms with van der Waals surface area (Å²) < 4.78 is 0. The zero-order chi connectivity index (χ0) is 17.2. The van der Waals surface area contributed by atoms with Crippen LogP contribution in [0.25, 0.3) is 0 Å². The van der Waals surface area contributed by atoms with Crippen molar-refractivity contribution in [2.75, 3.05) is 18.5 Å². The van der Waals surface area contributed by atoms with E-state index in [1.165, 1.54) is 10.5 Å². The van der Waals surface area contributed by atoms with E-state index in [2.05, 4.69) is 22.0 Å². The molecule has 1 heterocycles. The molecule has 1 aliphatic carbocycles. The number of amides is 1. The van der Waals surface area contributed by atoms with Gasteiger partial charge in [-0.25, -0.2) is 9.78 Å². The maximum Gasteiger partial charge on any atom is 0.407 e. The van der Waals surface area contributed by atoms with Crippen LogP contribution in [0.1, 0.15) is 18.4 Å². The number of nitrogens with zero attached hydrogens (tertiary/aromatic N) is 3. The number of carboxylic acid groups (broad SMARTS) is 1. The monoisotopic (exact) mass is 345 g/mol. The van der Waals surface area contributed by atoms with Crippen LogP contribution < -0.4 is 4.90 Å². The maximum absolute atomic E-state index is 11.4. The van der Waals surface area contributed by atoms with E-state index in [4.69, 9.17) is 11.6 Å². The molecular formula is C18H20ClN3O2. The molecule has 0 atom stereocenters. The number of pyridine rings is 1. The van der Waals surface area contributed by atoms with Gasteiger partial charge in [-0.15, -0.1) is 0 Å². The molecule has 1 saturated carbocycles. The van der Waals surface area contributed by atoms with Crippen LogP contribution in [0.3, 0.4) is 0 Å². The van der Waals surface area contributed by atoms with E-state index >= 15 is 0 Å². The molecule has 3 rings (SSSR count). The number of aromatic nitrogens is 1. The molecule has 5 nitrogen and oxygen atoms in total. The summed E-state index contributed by atoms with van der Waals surface area (Å²) in [5.74, 6) is 0. The number of halogens is 1.